The van der Waals surface area contributed by atoms with Crippen molar-refractivity contribution in [2.45, 2.75) is 38.8 Å². The van der Waals surface area contributed by atoms with Gasteiger partial charge in [-0.05, 0) is 36.1 Å². The van der Waals surface area contributed by atoms with Crippen molar-refractivity contribution in [3.8, 4) is 0 Å². The van der Waals surface area contributed by atoms with Crippen molar-refractivity contribution in [2.75, 3.05) is 10.6 Å². The number of benzene rings is 2. The Hall–Kier alpha value is -4.86. The number of carbonyl (C=O) groups is 2. The predicted molar refractivity (Wildman–Crippen MR) is 144 cm³/mol. The normalized spacial score (nSPS) is 10.6. The Labute approximate surface area is 219 Å². The summed E-state index contributed by atoms with van der Waals surface area (Å²) in [4.78, 5) is 56.9. The molecule has 4 rings (SSSR count). The molecule has 0 bridgehead atoms. The summed E-state index contributed by atoms with van der Waals surface area (Å²) in [5, 5.41) is 5.29. The van der Waals surface area contributed by atoms with Gasteiger partial charge in [0, 0.05) is 25.5 Å². The van der Waals surface area contributed by atoms with Crippen molar-refractivity contribution in [1.29, 1.82) is 0 Å². The predicted octanol–water partition coefficient (Wildman–Crippen LogP) is 2.64. The van der Waals surface area contributed by atoms with E-state index >= 15 is 0 Å². The monoisotopic (exact) mass is 512 g/mol. The maximum atomic E-state index is 12.3. The van der Waals surface area contributed by atoms with E-state index in [2.05, 4.69) is 20.6 Å². The average molecular weight is 513 g/mol. The van der Waals surface area contributed by atoms with Crippen LogP contribution in [0, 0.1) is 0 Å². The lowest BCUT2D eigenvalue weighted by Gasteiger charge is -2.09. The molecular formula is C28H28N6O4. The molecule has 2 aromatic carbocycles. The van der Waals surface area contributed by atoms with Gasteiger partial charge >= 0.3 is 11.4 Å². The molecule has 10 nitrogen and oxygen atoms in total. The Kier molecular flexibility index (Phi) is 8.90. The van der Waals surface area contributed by atoms with E-state index in [0.29, 0.717) is 25.9 Å². The first-order chi connectivity index (χ1) is 18.5. The van der Waals surface area contributed by atoms with E-state index in [-0.39, 0.29) is 36.3 Å². The molecule has 0 radical (unpaired) electrons. The second-order valence-electron chi connectivity index (χ2n) is 8.71. The fraction of sp³-hybridized carbons (Fsp3) is 0.214. The third-order valence-corrected chi connectivity index (χ3v) is 5.75. The second-order valence-corrected chi connectivity index (χ2v) is 8.71. The Bertz CT molecular complexity index is 1380. The number of amides is 2. The van der Waals surface area contributed by atoms with E-state index in [9.17, 15) is 19.2 Å². The summed E-state index contributed by atoms with van der Waals surface area (Å²) in [5.74, 6) is -0.0788. The Morgan fingerprint density at radius 1 is 0.605 bits per heavy atom. The molecular weight excluding hydrogens is 484 g/mol. The first-order valence-corrected chi connectivity index (χ1v) is 12.3. The van der Waals surface area contributed by atoms with Crippen molar-refractivity contribution in [1.82, 2.24) is 19.1 Å². The highest BCUT2D eigenvalue weighted by Gasteiger charge is 2.08. The van der Waals surface area contributed by atoms with E-state index in [0.717, 1.165) is 11.1 Å². The lowest BCUT2D eigenvalue weighted by molar-refractivity contribution is -0.116. The highest BCUT2D eigenvalue weighted by molar-refractivity contribution is 5.91. The van der Waals surface area contributed by atoms with Gasteiger partial charge in [0.1, 0.15) is 11.6 Å². The number of rotatable bonds is 11. The fourth-order valence-corrected chi connectivity index (χ4v) is 3.84. The average Bonchev–Trinajstić information content (AvgIpc) is 2.90. The minimum Gasteiger partial charge on any atom is -0.310 e. The smallest absolute Gasteiger partial charge is 0.310 e. The van der Waals surface area contributed by atoms with Gasteiger partial charge in [-0.3, -0.25) is 18.7 Å². The molecule has 0 atom stereocenters. The van der Waals surface area contributed by atoms with Crippen molar-refractivity contribution in [3.05, 3.63) is 117 Å². The number of carbonyl (C=O) groups excluding carboxylic acids is 2. The van der Waals surface area contributed by atoms with E-state index in [1.165, 1.54) is 9.13 Å². The van der Waals surface area contributed by atoms with Crippen LogP contribution in [0.15, 0.2) is 94.8 Å². The van der Waals surface area contributed by atoms with Crippen LogP contribution in [0.2, 0.25) is 0 Å². The van der Waals surface area contributed by atoms with Gasteiger partial charge in [0.25, 0.3) is 0 Å². The maximum Gasteiger partial charge on any atom is 0.349 e. The lowest BCUT2D eigenvalue weighted by Crippen LogP contribution is -2.26. The van der Waals surface area contributed by atoms with Crippen LogP contribution in [0.3, 0.4) is 0 Å². The molecule has 194 valence electrons. The van der Waals surface area contributed by atoms with Gasteiger partial charge in [0.05, 0.1) is 12.8 Å². The number of unbranched alkanes of at least 4 members (excludes halogenated alkanes) is 1. The van der Waals surface area contributed by atoms with Gasteiger partial charge in [-0.1, -0.05) is 60.7 Å². The molecule has 38 heavy (non-hydrogen) atoms. The highest BCUT2D eigenvalue weighted by atomic mass is 16.2. The number of aromatic nitrogens is 4. The molecule has 4 aromatic rings. The molecule has 2 N–H and O–H groups in total. The minimum atomic E-state index is -0.461. The molecule has 0 aliphatic rings. The van der Waals surface area contributed by atoms with Crippen LogP contribution in [-0.4, -0.2) is 30.9 Å². The molecule has 0 aliphatic heterocycles. The molecule has 2 aromatic heterocycles. The van der Waals surface area contributed by atoms with E-state index in [4.69, 9.17) is 0 Å². The third kappa shape index (κ3) is 7.82. The molecule has 0 spiro atoms. The summed E-state index contributed by atoms with van der Waals surface area (Å²) in [7, 11) is 0. The topological polar surface area (TPSA) is 128 Å². The van der Waals surface area contributed by atoms with Gasteiger partial charge in [-0.25, -0.2) is 9.59 Å². The van der Waals surface area contributed by atoms with Crippen LogP contribution in [0.1, 0.15) is 24.0 Å². The van der Waals surface area contributed by atoms with Crippen molar-refractivity contribution >= 4 is 23.5 Å². The quantitative estimate of drug-likeness (QED) is 0.298. The highest BCUT2D eigenvalue weighted by Crippen LogP contribution is 2.06. The number of hydrogen-bond acceptors (Lipinski definition) is 6. The molecule has 0 fully saturated rings. The number of nitrogens with zero attached hydrogens (tertiary/aromatic N) is 4. The number of hydrogen-bond donors (Lipinski definition) is 2. The zero-order valence-corrected chi connectivity index (χ0v) is 20.7. The van der Waals surface area contributed by atoms with Crippen molar-refractivity contribution < 1.29 is 9.59 Å². The summed E-state index contributed by atoms with van der Waals surface area (Å²) in [6.07, 6.45) is 4.83. The van der Waals surface area contributed by atoms with Crippen LogP contribution in [0.4, 0.5) is 11.6 Å². The molecule has 2 amide bonds. The fourth-order valence-electron chi connectivity index (χ4n) is 3.84. The number of aryl methyl sites for hydroxylation is 2. The molecule has 0 saturated carbocycles. The van der Waals surface area contributed by atoms with Crippen molar-refractivity contribution in [2.24, 2.45) is 0 Å². The first-order valence-electron chi connectivity index (χ1n) is 12.3. The van der Waals surface area contributed by atoms with E-state index in [1.807, 2.05) is 60.7 Å². The van der Waals surface area contributed by atoms with Crippen LogP contribution in [0.5, 0.6) is 0 Å². The Morgan fingerprint density at radius 2 is 1.00 bits per heavy atom. The molecule has 10 heteroatoms. The molecule has 0 aliphatic carbocycles. The van der Waals surface area contributed by atoms with Gasteiger partial charge < -0.3 is 10.6 Å². The van der Waals surface area contributed by atoms with Gasteiger partial charge in [0.15, 0.2) is 0 Å². The standard InChI is InChI=1S/C28H28N6O4/c35-25(19-21-9-3-1-4-10-21)29-23-13-17-33(27(37)31-23)15-7-8-16-34-18-14-24(32-28(34)38)30-26(36)20-22-11-5-2-6-12-22/h1-6,9-14,17-18H,7-8,15-16,19-20H2,(H,29,31,35,37)(H,30,32,36,38). The lowest BCUT2D eigenvalue weighted by atomic mass is 10.1. The summed E-state index contributed by atoms with van der Waals surface area (Å²) in [6.45, 7) is 0.833. The maximum absolute atomic E-state index is 12.3. The number of anilines is 2. The van der Waals surface area contributed by atoms with Gasteiger partial charge in [-0.15, -0.1) is 0 Å². The zero-order chi connectivity index (χ0) is 26.7. The van der Waals surface area contributed by atoms with Crippen LogP contribution < -0.4 is 22.0 Å². The summed E-state index contributed by atoms with van der Waals surface area (Å²) < 4.78 is 2.92. The van der Waals surface area contributed by atoms with E-state index < -0.39 is 11.4 Å². The van der Waals surface area contributed by atoms with Crippen LogP contribution >= 0.6 is 0 Å². The van der Waals surface area contributed by atoms with Crippen molar-refractivity contribution in [3.63, 3.8) is 0 Å². The second kappa shape index (κ2) is 12.9. The van der Waals surface area contributed by atoms with Gasteiger partial charge in [0.2, 0.25) is 11.8 Å². The number of nitrogens with one attached hydrogen (secondary N) is 2. The Morgan fingerprint density at radius 3 is 1.37 bits per heavy atom. The van der Waals surface area contributed by atoms with Crippen LogP contribution in [-0.2, 0) is 35.5 Å². The summed E-state index contributed by atoms with van der Waals surface area (Å²) in [5.41, 5.74) is 0.819. The van der Waals surface area contributed by atoms with Gasteiger partial charge in [-0.2, -0.15) is 9.97 Å². The SMILES string of the molecule is O=C(Cc1ccccc1)Nc1ccn(CCCCn2ccc(NC(=O)Cc3ccccc3)nc2=O)c(=O)n1. The zero-order valence-electron chi connectivity index (χ0n) is 20.7. The largest absolute Gasteiger partial charge is 0.349 e. The Balaban J connectivity index is 1.22. The minimum absolute atomic E-state index is 0.195. The third-order valence-electron chi connectivity index (χ3n) is 5.75. The van der Waals surface area contributed by atoms with E-state index in [1.54, 1.807) is 24.5 Å². The molecule has 0 unspecified atom stereocenters. The summed E-state index contributed by atoms with van der Waals surface area (Å²) in [6, 6.07) is 21.8. The summed E-state index contributed by atoms with van der Waals surface area (Å²) >= 11 is 0. The molecule has 2 heterocycles. The molecule has 0 saturated heterocycles. The first kappa shape index (κ1) is 26.2. The van der Waals surface area contributed by atoms with Crippen LogP contribution in [0.25, 0.3) is 0 Å².